The van der Waals surface area contributed by atoms with Crippen LogP contribution in [0.3, 0.4) is 0 Å². The summed E-state index contributed by atoms with van der Waals surface area (Å²) in [6.45, 7) is 7.05. The van der Waals surface area contributed by atoms with Gasteiger partial charge in [-0.25, -0.2) is 4.98 Å². The number of piperidine rings is 3. The maximum atomic E-state index is 5.05. The molecule has 4 aliphatic rings. The topological polar surface area (TPSA) is 28.2 Å². The quantitative estimate of drug-likeness (QED) is 0.918. The molecule has 3 fully saturated rings. The molecule has 5 rings (SSSR count). The van der Waals surface area contributed by atoms with E-state index in [-0.39, 0.29) is 5.54 Å². The molecule has 0 aromatic carbocycles. The van der Waals surface area contributed by atoms with Crippen molar-refractivity contribution in [2.45, 2.75) is 44.6 Å². The van der Waals surface area contributed by atoms with Crippen LogP contribution in [0.15, 0.2) is 0 Å². The molecular weight excluding hydrogens is 254 g/mol. The fourth-order valence-corrected chi connectivity index (χ4v) is 5.67. The van der Waals surface area contributed by atoms with Crippen LogP contribution in [-0.2, 0) is 18.4 Å². The zero-order valence-corrected chi connectivity index (χ0v) is 12.6. The lowest BCUT2D eigenvalue weighted by Crippen LogP contribution is -2.63. The van der Waals surface area contributed by atoms with Crippen molar-refractivity contribution in [1.82, 2.24) is 15.2 Å². The van der Waals surface area contributed by atoms with E-state index in [2.05, 4.69) is 17.1 Å². The van der Waals surface area contributed by atoms with Crippen molar-refractivity contribution in [3.8, 4) is 0 Å². The van der Waals surface area contributed by atoms with Gasteiger partial charge in [0.1, 0.15) is 5.01 Å². The van der Waals surface area contributed by atoms with Crippen LogP contribution >= 0.6 is 11.3 Å². The first-order valence-corrected chi connectivity index (χ1v) is 8.60. The molecule has 2 bridgehead atoms. The molecule has 0 spiro atoms. The second kappa shape index (κ2) is 4.54. The molecule has 1 aromatic rings. The molecule has 1 unspecified atom stereocenters. The molecule has 3 saturated heterocycles. The summed E-state index contributed by atoms with van der Waals surface area (Å²) in [6, 6.07) is 0. The van der Waals surface area contributed by atoms with Gasteiger partial charge in [-0.15, -0.1) is 11.3 Å². The predicted molar refractivity (Wildman–Crippen MR) is 78.7 cm³/mol. The van der Waals surface area contributed by atoms with Gasteiger partial charge in [-0.2, -0.15) is 0 Å². The van der Waals surface area contributed by atoms with Crippen LogP contribution in [0.2, 0.25) is 0 Å². The number of fused-ring (bicyclic) bond motifs is 4. The minimum Gasteiger partial charge on any atom is -0.304 e. The molecule has 4 heteroatoms. The highest BCUT2D eigenvalue weighted by molar-refractivity contribution is 7.12. The summed E-state index contributed by atoms with van der Waals surface area (Å²) in [7, 11) is 0. The Hall–Kier alpha value is -0.450. The lowest BCUT2D eigenvalue weighted by atomic mass is 9.73. The fourth-order valence-electron chi connectivity index (χ4n) is 4.28. The maximum absolute atomic E-state index is 5.05. The highest BCUT2D eigenvalue weighted by atomic mass is 32.1. The summed E-state index contributed by atoms with van der Waals surface area (Å²) in [5.74, 6) is 0.795. The summed E-state index contributed by atoms with van der Waals surface area (Å²) in [6.07, 6.45) is 6.48. The van der Waals surface area contributed by atoms with E-state index in [0.29, 0.717) is 0 Å². The third-order valence-electron chi connectivity index (χ3n) is 5.23. The molecule has 0 amide bonds. The van der Waals surface area contributed by atoms with Crippen molar-refractivity contribution in [3.63, 3.8) is 0 Å². The van der Waals surface area contributed by atoms with E-state index in [1.807, 2.05) is 11.3 Å². The molecule has 104 valence electrons. The van der Waals surface area contributed by atoms with Gasteiger partial charge in [0.2, 0.25) is 0 Å². The van der Waals surface area contributed by atoms with Gasteiger partial charge < -0.3 is 10.2 Å². The lowest BCUT2D eigenvalue weighted by molar-refractivity contribution is 0.00397. The van der Waals surface area contributed by atoms with E-state index in [4.69, 9.17) is 4.98 Å². The summed E-state index contributed by atoms with van der Waals surface area (Å²) in [4.78, 5) is 9.26. The summed E-state index contributed by atoms with van der Waals surface area (Å²) in [5.41, 5.74) is 1.58. The van der Waals surface area contributed by atoms with E-state index >= 15 is 0 Å². The zero-order valence-electron chi connectivity index (χ0n) is 11.7. The third-order valence-corrected chi connectivity index (χ3v) is 6.56. The van der Waals surface area contributed by atoms with Crippen LogP contribution in [-0.4, -0.2) is 36.1 Å². The Kier molecular flexibility index (Phi) is 2.94. The first kappa shape index (κ1) is 12.3. The van der Waals surface area contributed by atoms with E-state index < -0.39 is 0 Å². The smallest absolute Gasteiger partial charge is 0.115 e. The van der Waals surface area contributed by atoms with Crippen LogP contribution in [0.25, 0.3) is 0 Å². The highest BCUT2D eigenvalue weighted by Gasteiger charge is 2.49. The zero-order chi connectivity index (χ0) is 12.9. The number of hydrogen-bond acceptors (Lipinski definition) is 4. The Bertz CT molecular complexity index is 454. The Morgan fingerprint density at radius 2 is 2.21 bits per heavy atom. The standard InChI is InChI=1S/C15H23N3S/c1-2-16-15(10-18-8-6-11(15)7-9-18)14-17-12-4-3-5-13(12)19-14/h11,16H,2-10H2,1H3. The monoisotopic (exact) mass is 277 g/mol. The predicted octanol–water partition coefficient (Wildman–Crippen LogP) is 2.16. The number of hydrogen-bond donors (Lipinski definition) is 1. The van der Waals surface area contributed by atoms with Gasteiger partial charge in [-0.3, -0.25) is 0 Å². The van der Waals surface area contributed by atoms with Crippen molar-refractivity contribution in [2.24, 2.45) is 5.92 Å². The van der Waals surface area contributed by atoms with E-state index in [9.17, 15) is 0 Å². The normalized spacial score (nSPS) is 36.7. The summed E-state index contributed by atoms with van der Waals surface area (Å²) < 4.78 is 0. The van der Waals surface area contributed by atoms with Crippen LogP contribution in [0, 0.1) is 5.92 Å². The molecule has 1 atom stereocenters. The SMILES string of the molecule is CCNC1(c2nc3c(s2)CCC3)CN2CCC1CC2. The molecule has 19 heavy (non-hydrogen) atoms. The molecule has 0 radical (unpaired) electrons. The molecule has 3 aliphatic heterocycles. The number of nitrogens with zero attached hydrogens (tertiary/aromatic N) is 2. The van der Waals surface area contributed by atoms with Crippen molar-refractivity contribution < 1.29 is 0 Å². The molecule has 4 heterocycles. The third kappa shape index (κ3) is 1.80. The Morgan fingerprint density at radius 1 is 1.37 bits per heavy atom. The van der Waals surface area contributed by atoms with Crippen LogP contribution in [0.5, 0.6) is 0 Å². The highest BCUT2D eigenvalue weighted by Crippen LogP contribution is 2.45. The Labute approximate surface area is 119 Å². The summed E-state index contributed by atoms with van der Waals surface area (Å²) >= 11 is 2.01. The number of thiazole rings is 1. The summed E-state index contributed by atoms with van der Waals surface area (Å²) in [5, 5.41) is 5.24. The van der Waals surface area contributed by atoms with Crippen molar-refractivity contribution in [3.05, 3.63) is 15.6 Å². The second-order valence-corrected chi connectivity index (χ2v) is 7.38. The van der Waals surface area contributed by atoms with Gasteiger partial charge in [0.25, 0.3) is 0 Å². The molecule has 0 saturated carbocycles. The first-order valence-electron chi connectivity index (χ1n) is 7.78. The molecule has 1 aromatic heterocycles. The van der Waals surface area contributed by atoms with Gasteiger partial charge in [0.15, 0.2) is 0 Å². The largest absolute Gasteiger partial charge is 0.304 e. The van der Waals surface area contributed by atoms with Crippen LogP contribution in [0.4, 0.5) is 0 Å². The molecule has 1 N–H and O–H groups in total. The number of aromatic nitrogens is 1. The molecule has 1 aliphatic carbocycles. The van der Waals surface area contributed by atoms with E-state index in [1.165, 1.54) is 62.4 Å². The average molecular weight is 277 g/mol. The average Bonchev–Trinajstić information content (AvgIpc) is 3.01. The molecular formula is C15H23N3S. The minimum absolute atomic E-state index is 0.167. The van der Waals surface area contributed by atoms with Gasteiger partial charge in [0, 0.05) is 11.4 Å². The molecule has 3 nitrogen and oxygen atoms in total. The number of likely N-dealkylation sites (N-methyl/N-ethyl adjacent to an activating group) is 1. The Morgan fingerprint density at radius 3 is 2.84 bits per heavy atom. The van der Waals surface area contributed by atoms with Crippen LogP contribution < -0.4 is 5.32 Å². The number of rotatable bonds is 3. The van der Waals surface area contributed by atoms with Gasteiger partial charge >= 0.3 is 0 Å². The van der Waals surface area contributed by atoms with Crippen LogP contribution in [0.1, 0.15) is 41.8 Å². The second-order valence-electron chi connectivity index (χ2n) is 6.29. The van der Waals surface area contributed by atoms with Crippen molar-refractivity contribution in [2.75, 3.05) is 26.2 Å². The van der Waals surface area contributed by atoms with Crippen molar-refractivity contribution in [1.29, 1.82) is 0 Å². The lowest BCUT2D eigenvalue weighted by Gasteiger charge is -2.52. The van der Waals surface area contributed by atoms with Gasteiger partial charge in [-0.1, -0.05) is 6.92 Å². The first-order chi connectivity index (χ1) is 9.32. The van der Waals surface area contributed by atoms with E-state index in [1.54, 1.807) is 4.88 Å². The fraction of sp³-hybridized carbons (Fsp3) is 0.800. The van der Waals surface area contributed by atoms with Gasteiger partial charge in [-0.05, 0) is 57.7 Å². The van der Waals surface area contributed by atoms with E-state index in [0.717, 1.165) is 12.5 Å². The maximum Gasteiger partial charge on any atom is 0.115 e. The number of aryl methyl sites for hydroxylation is 2. The van der Waals surface area contributed by atoms with Crippen molar-refractivity contribution >= 4 is 11.3 Å². The minimum atomic E-state index is 0.167. The number of nitrogens with one attached hydrogen (secondary N) is 1. The Balaban J connectivity index is 1.74. The van der Waals surface area contributed by atoms with Gasteiger partial charge in [0.05, 0.1) is 11.2 Å².